The second-order valence-corrected chi connectivity index (χ2v) is 6.30. The summed E-state index contributed by atoms with van der Waals surface area (Å²) in [5.74, 6) is -0.167. The molecule has 0 aliphatic carbocycles. The van der Waals surface area contributed by atoms with E-state index in [4.69, 9.17) is 9.15 Å². The number of hydrogen-bond donors (Lipinski definition) is 1. The van der Waals surface area contributed by atoms with Crippen LogP contribution in [0.5, 0.6) is 5.75 Å². The zero-order valence-electron chi connectivity index (χ0n) is 14.3. The average Bonchev–Trinajstić information content (AvgIpc) is 3.03. The second kappa shape index (κ2) is 7.21. The van der Waals surface area contributed by atoms with Gasteiger partial charge in [0, 0.05) is 38.8 Å². The molecule has 1 aliphatic rings. The molecule has 1 aromatic heterocycles. The first-order chi connectivity index (χ1) is 12.7. The first-order valence-corrected chi connectivity index (χ1v) is 8.66. The molecule has 1 N–H and O–H groups in total. The fraction of sp³-hybridized carbons (Fsp3) is 0.316. The van der Waals surface area contributed by atoms with Crippen LogP contribution in [0.4, 0.5) is 10.1 Å². The Morgan fingerprint density at radius 2 is 1.92 bits per heavy atom. The Balaban J connectivity index is 1.32. The van der Waals surface area contributed by atoms with Gasteiger partial charge in [0.2, 0.25) is 0 Å². The lowest BCUT2D eigenvalue weighted by atomic mass is 10.2. The van der Waals surface area contributed by atoms with Gasteiger partial charge in [-0.1, -0.05) is 12.1 Å². The molecule has 0 saturated carbocycles. The van der Waals surface area contributed by atoms with Gasteiger partial charge in [0.05, 0.1) is 11.2 Å². The summed E-state index contributed by atoms with van der Waals surface area (Å²) in [6, 6.07) is 11.9. The number of rotatable bonds is 5. The molecular weight excluding hydrogens is 337 g/mol. The predicted octanol–water partition coefficient (Wildman–Crippen LogP) is 2.46. The second-order valence-electron chi connectivity index (χ2n) is 6.30. The number of para-hydroxylation sites is 1. The SMILES string of the molecule is O=c1[nH]c2cccc(N3CCN(CCOc4cccc(F)c4)CC3)c2o1. The molecule has 7 heteroatoms. The van der Waals surface area contributed by atoms with Crippen molar-refractivity contribution >= 4 is 16.8 Å². The number of anilines is 1. The molecule has 0 amide bonds. The Hall–Kier alpha value is -2.80. The van der Waals surface area contributed by atoms with Gasteiger partial charge >= 0.3 is 5.76 Å². The molecule has 0 atom stereocenters. The Kier molecular flexibility index (Phi) is 4.62. The fourth-order valence-electron chi connectivity index (χ4n) is 3.27. The number of halogens is 1. The minimum absolute atomic E-state index is 0.290. The molecule has 0 spiro atoms. The van der Waals surface area contributed by atoms with Gasteiger partial charge in [-0.2, -0.15) is 0 Å². The van der Waals surface area contributed by atoms with Crippen LogP contribution in [0.3, 0.4) is 0 Å². The van der Waals surface area contributed by atoms with Crippen LogP contribution in [0, 0.1) is 5.82 Å². The van der Waals surface area contributed by atoms with Gasteiger partial charge in [-0.25, -0.2) is 9.18 Å². The van der Waals surface area contributed by atoms with Gasteiger partial charge in [0.15, 0.2) is 5.58 Å². The minimum Gasteiger partial charge on any atom is -0.492 e. The molecule has 136 valence electrons. The van der Waals surface area contributed by atoms with Crippen LogP contribution in [-0.2, 0) is 0 Å². The zero-order valence-corrected chi connectivity index (χ0v) is 14.3. The molecule has 1 saturated heterocycles. The van der Waals surface area contributed by atoms with E-state index in [1.807, 2.05) is 18.2 Å². The smallest absolute Gasteiger partial charge is 0.417 e. The van der Waals surface area contributed by atoms with Gasteiger partial charge in [-0.05, 0) is 24.3 Å². The Labute approximate surface area is 149 Å². The highest BCUT2D eigenvalue weighted by molar-refractivity contribution is 5.86. The van der Waals surface area contributed by atoms with Crippen molar-refractivity contribution in [2.45, 2.75) is 0 Å². The summed E-state index contributed by atoms with van der Waals surface area (Å²) in [4.78, 5) is 18.7. The molecular formula is C19H20FN3O3. The zero-order chi connectivity index (χ0) is 17.9. The minimum atomic E-state index is -0.430. The van der Waals surface area contributed by atoms with Gasteiger partial charge < -0.3 is 14.1 Å². The van der Waals surface area contributed by atoms with Crippen molar-refractivity contribution in [3.05, 3.63) is 58.8 Å². The Morgan fingerprint density at radius 3 is 2.73 bits per heavy atom. The van der Waals surface area contributed by atoms with E-state index in [1.54, 1.807) is 12.1 Å². The largest absolute Gasteiger partial charge is 0.492 e. The van der Waals surface area contributed by atoms with Crippen molar-refractivity contribution in [1.29, 1.82) is 0 Å². The normalized spacial score (nSPS) is 15.5. The van der Waals surface area contributed by atoms with Crippen LogP contribution in [0.1, 0.15) is 0 Å². The number of nitrogens with one attached hydrogen (secondary N) is 1. The summed E-state index contributed by atoms with van der Waals surface area (Å²) in [6.07, 6.45) is 0. The van der Waals surface area contributed by atoms with E-state index < -0.39 is 5.76 Å². The maximum atomic E-state index is 13.1. The molecule has 2 heterocycles. The molecule has 26 heavy (non-hydrogen) atoms. The first kappa shape index (κ1) is 16.7. The van der Waals surface area contributed by atoms with Crippen molar-refractivity contribution in [2.24, 2.45) is 0 Å². The standard InChI is InChI=1S/C19H20FN3O3/c20-14-3-1-4-15(13-14)25-12-11-22-7-9-23(10-8-22)17-6-2-5-16-18(17)26-19(24)21-16/h1-6,13H,7-12H2,(H,21,24). The summed E-state index contributed by atoms with van der Waals surface area (Å²) in [5.41, 5.74) is 2.27. The van der Waals surface area contributed by atoms with Crippen molar-refractivity contribution in [1.82, 2.24) is 9.88 Å². The summed E-state index contributed by atoms with van der Waals surface area (Å²) >= 11 is 0. The number of aromatic nitrogens is 1. The summed E-state index contributed by atoms with van der Waals surface area (Å²) in [7, 11) is 0. The topological polar surface area (TPSA) is 61.7 Å². The molecule has 4 rings (SSSR count). The molecule has 0 unspecified atom stereocenters. The summed E-state index contributed by atoms with van der Waals surface area (Å²) < 4.78 is 24.0. The molecule has 3 aromatic rings. The van der Waals surface area contributed by atoms with Crippen molar-refractivity contribution in [3.63, 3.8) is 0 Å². The highest BCUT2D eigenvalue weighted by Crippen LogP contribution is 2.25. The van der Waals surface area contributed by atoms with Crippen LogP contribution in [0.2, 0.25) is 0 Å². The molecule has 1 aliphatic heterocycles. The highest BCUT2D eigenvalue weighted by atomic mass is 19.1. The van der Waals surface area contributed by atoms with Gasteiger partial charge in [-0.15, -0.1) is 0 Å². The van der Waals surface area contributed by atoms with Crippen molar-refractivity contribution in [2.75, 3.05) is 44.2 Å². The van der Waals surface area contributed by atoms with E-state index in [-0.39, 0.29) is 5.82 Å². The lowest BCUT2D eigenvalue weighted by molar-refractivity contribution is 0.200. The van der Waals surface area contributed by atoms with Crippen LogP contribution >= 0.6 is 0 Å². The van der Waals surface area contributed by atoms with E-state index >= 15 is 0 Å². The third-order valence-corrected chi connectivity index (χ3v) is 4.61. The quantitative estimate of drug-likeness (QED) is 0.760. The van der Waals surface area contributed by atoms with Gasteiger partial charge in [0.1, 0.15) is 18.2 Å². The number of hydrogen-bond acceptors (Lipinski definition) is 5. The van der Waals surface area contributed by atoms with Gasteiger partial charge in [0.25, 0.3) is 0 Å². The predicted molar refractivity (Wildman–Crippen MR) is 97.4 cm³/mol. The molecule has 1 fully saturated rings. The van der Waals surface area contributed by atoms with Crippen LogP contribution in [0.25, 0.3) is 11.1 Å². The summed E-state index contributed by atoms with van der Waals surface area (Å²) in [6.45, 7) is 4.76. The lowest BCUT2D eigenvalue weighted by Crippen LogP contribution is -2.47. The van der Waals surface area contributed by atoms with Crippen molar-refractivity contribution in [3.8, 4) is 5.75 Å². The number of H-pyrrole nitrogens is 1. The van der Waals surface area contributed by atoms with Crippen LogP contribution < -0.4 is 15.4 Å². The highest BCUT2D eigenvalue weighted by Gasteiger charge is 2.20. The third-order valence-electron chi connectivity index (χ3n) is 4.61. The molecule has 0 bridgehead atoms. The average molecular weight is 357 g/mol. The van der Waals surface area contributed by atoms with E-state index in [0.29, 0.717) is 17.9 Å². The van der Waals surface area contributed by atoms with E-state index in [1.165, 1.54) is 12.1 Å². The number of nitrogens with zero attached hydrogens (tertiary/aromatic N) is 2. The Morgan fingerprint density at radius 1 is 1.12 bits per heavy atom. The van der Waals surface area contributed by atoms with Gasteiger partial charge in [-0.3, -0.25) is 9.88 Å². The number of piperazine rings is 1. The number of oxazole rings is 1. The lowest BCUT2D eigenvalue weighted by Gasteiger charge is -2.35. The monoisotopic (exact) mass is 357 g/mol. The summed E-state index contributed by atoms with van der Waals surface area (Å²) in [5, 5.41) is 0. The van der Waals surface area contributed by atoms with E-state index in [2.05, 4.69) is 14.8 Å². The number of aromatic amines is 1. The first-order valence-electron chi connectivity index (χ1n) is 8.66. The van der Waals surface area contributed by atoms with Crippen molar-refractivity contribution < 1.29 is 13.5 Å². The fourth-order valence-corrected chi connectivity index (χ4v) is 3.27. The Bertz CT molecular complexity index is 944. The van der Waals surface area contributed by atoms with Crippen LogP contribution in [0.15, 0.2) is 51.7 Å². The van der Waals surface area contributed by atoms with E-state index in [0.717, 1.165) is 43.9 Å². The number of ether oxygens (including phenoxy) is 1. The van der Waals surface area contributed by atoms with Crippen LogP contribution in [-0.4, -0.2) is 49.2 Å². The van der Waals surface area contributed by atoms with E-state index in [9.17, 15) is 9.18 Å². The molecule has 0 radical (unpaired) electrons. The number of benzene rings is 2. The molecule has 6 nitrogen and oxygen atoms in total. The maximum Gasteiger partial charge on any atom is 0.417 e. The molecule has 2 aromatic carbocycles. The maximum absolute atomic E-state index is 13.1. The third kappa shape index (κ3) is 3.57. The number of fused-ring (bicyclic) bond motifs is 1.